The molecule has 2 aromatic rings. The molecule has 0 unspecified atom stereocenters. The summed E-state index contributed by atoms with van der Waals surface area (Å²) in [6.45, 7) is -0.191. The number of esters is 1. The third kappa shape index (κ3) is 5.64. The summed E-state index contributed by atoms with van der Waals surface area (Å²) >= 11 is 4.17. The van der Waals surface area contributed by atoms with Crippen LogP contribution < -0.4 is 4.74 Å². The van der Waals surface area contributed by atoms with Crippen LogP contribution in [0.1, 0.15) is 11.1 Å². The maximum atomic E-state index is 11.2. The fourth-order valence-electron chi connectivity index (χ4n) is 2.10. The minimum Gasteiger partial charge on any atom is -0.480 e. The van der Waals surface area contributed by atoms with E-state index in [1.54, 1.807) is 6.08 Å². The van der Waals surface area contributed by atoms with Gasteiger partial charge in [-0.3, -0.25) is 10.1 Å². The number of benzene rings is 2. The van der Waals surface area contributed by atoms with Gasteiger partial charge in [-0.05, 0) is 86.7 Å². The smallest absolute Gasteiger partial charge is 0.343 e. The second-order valence-corrected chi connectivity index (χ2v) is 7.48. The molecule has 0 aliphatic rings. The van der Waals surface area contributed by atoms with Gasteiger partial charge in [0.15, 0.2) is 6.61 Å². The lowest BCUT2D eigenvalue weighted by Gasteiger charge is -2.10. The van der Waals surface area contributed by atoms with E-state index >= 15 is 0 Å². The molecular formula is C18H12I2N2O5. The first-order chi connectivity index (χ1) is 12.8. The molecule has 9 heteroatoms. The van der Waals surface area contributed by atoms with Gasteiger partial charge in [0, 0.05) is 12.1 Å². The van der Waals surface area contributed by atoms with E-state index in [4.69, 9.17) is 4.74 Å². The number of ether oxygens (including phenoxy) is 2. The Morgan fingerprint density at radius 2 is 1.85 bits per heavy atom. The molecule has 2 aromatic carbocycles. The van der Waals surface area contributed by atoms with Gasteiger partial charge >= 0.3 is 5.97 Å². The summed E-state index contributed by atoms with van der Waals surface area (Å²) in [6.07, 6.45) is 1.69. The van der Waals surface area contributed by atoms with Crippen LogP contribution in [-0.4, -0.2) is 24.6 Å². The lowest BCUT2D eigenvalue weighted by atomic mass is 10.0. The third-order valence-corrected chi connectivity index (χ3v) is 5.01. The summed E-state index contributed by atoms with van der Waals surface area (Å²) in [4.78, 5) is 21.5. The molecular weight excluding hydrogens is 578 g/mol. The third-order valence-electron chi connectivity index (χ3n) is 3.40. The lowest BCUT2D eigenvalue weighted by molar-refractivity contribution is -0.384. The van der Waals surface area contributed by atoms with Crippen molar-refractivity contribution in [2.24, 2.45) is 0 Å². The Labute approximate surface area is 182 Å². The van der Waals surface area contributed by atoms with Gasteiger partial charge < -0.3 is 9.47 Å². The first-order valence-electron chi connectivity index (χ1n) is 7.41. The Hall–Kier alpha value is -2.20. The van der Waals surface area contributed by atoms with E-state index in [1.807, 2.05) is 12.1 Å². The highest BCUT2D eigenvalue weighted by molar-refractivity contribution is 14.1. The molecule has 0 fully saturated rings. The highest BCUT2D eigenvalue weighted by Crippen LogP contribution is 2.31. The Morgan fingerprint density at radius 3 is 2.33 bits per heavy atom. The number of carbonyl (C=O) groups excluding carboxylic acids is 1. The average Bonchev–Trinajstić information content (AvgIpc) is 2.65. The van der Waals surface area contributed by atoms with Gasteiger partial charge in [-0.15, -0.1) is 0 Å². The van der Waals surface area contributed by atoms with Crippen LogP contribution in [0.5, 0.6) is 5.75 Å². The molecule has 0 spiro atoms. The van der Waals surface area contributed by atoms with Crippen LogP contribution in [0.3, 0.4) is 0 Å². The molecule has 7 nitrogen and oxygen atoms in total. The zero-order chi connectivity index (χ0) is 20.0. The van der Waals surface area contributed by atoms with Crippen molar-refractivity contribution in [1.29, 1.82) is 5.26 Å². The molecule has 0 N–H and O–H groups in total. The molecule has 0 aliphatic carbocycles. The summed E-state index contributed by atoms with van der Waals surface area (Å²) < 4.78 is 11.6. The Balaban J connectivity index is 2.32. The van der Waals surface area contributed by atoms with Crippen molar-refractivity contribution in [3.63, 3.8) is 0 Å². The number of methoxy groups -OCH3 is 1. The normalized spacial score (nSPS) is 10.8. The van der Waals surface area contributed by atoms with Crippen molar-refractivity contribution in [3.05, 3.63) is 64.8 Å². The number of hydrogen-bond acceptors (Lipinski definition) is 6. The van der Waals surface area contributed by atoms with Gasteiger partial charge in [0.2, 0.25) is 0 Å². The van der Waals surface area contributed by atoms with Gasteiger partial charge in [0.05, 0.1) is 30.8 Å². The van der Waals surface area contributed by atoms with Crippen molar-refractivity contribution in [2.45, 2.75) is 0 Å². The fraction of sp³-hybridized carbons (Fsp3) is 0.111. The van der Waals surface area contributed by atoms with Crippen LogP contribution in [0.25, 0.3) is 11.6 Å². The standard InChI is InChI=1S/C18H12I2N2O5/c1-26-17(23)10-27-18-15(19)7-11(8-16(18)20)6-13(9-21)12-2-4-14(5-3-12)22(24)25/h2-8H,10H2,1H3/b13-6-. The summed E-state index contributed by atoms with van der Waals surface area (Å²) in [5.74, 6) is 0.0862. The van der Waals surface area contributed by atoms with E-state index in [0.29, 0.717) is 16.9 Å². The topological polar surface area (TPSA) is 102 Å². The zero-order valence-electron chi connectivity index (χ0n) is 13.9. The second-order valence-electron chi connectivity index (χ2n) is 5.15. The molecule has 0 radical (unpaired) electrons. The van der Waals surface area contributed by atoms with Crippen LogP contribution in [0, 0.1) is 28.6 Å². The lowest BCUT2D eigenvalue weighted by Crippen LogP contribution is -2.13. The van der Waals surface area contributed by atoms with E-state index in [-0.39, 0.29) is 12.3 Å². The monoisotopic (exact) mass is 590 g/mol. The SMILES string of the molecule is COC(=O)COc1c(I)cc(/C=C(/C#N)c2ccc([N+](=O)[O-])cc2)cc1I. The Morgan fingerprint density at radius 1 is 1.26 bits per heavy atom. The summed E-state index contributed by atoms with van der Waals surface area (Å²) in [7, 11) is 1.29. The van der Waals surface area contributed by atoms with Gasteiger partial charge in [-0.1, -0.05) is 0 Å². The second kappa shape index (κ2) is 9.65. The van der Waals surface area contributed by atoms with Gasteiger partial charge in [0.1, 0.15) is 5.75 Å². The van der Waals surface area contributed by atoms with Crippen molar-refractivity contribution in [1.82, 2.24) is 0 Å². The largest absolute Gasteiger partial charge is 0.480 e. The molecule has 138 valence electrons. The van der Waals surface area contributed by atoms with E-state index in [2.05, 4.69) is 56.0 Å². The van der Waals surface area contributed by atoms with Crippen LogP contribution in [0.2, 0.25) is 0 Å². The first-order valence-corrected chi connectivity index (χ1v) is 9.56. The van der Waals surface area contributed by atoms with Crippen LogP contribution in [0.15, 0.2) is 36.4 Å². The molecule has 0 aromatic heterocycles. The molecule has 0 saturated carbocycles. The molecule has 27 heavy (non-hydrogen) atoms. The quantitative estimate of drug-likeness (QED) is 0.123. The van der Waals surface area contributed by atoms with Crippen molar-refractivity contribution in [2.75, 3.05) is 13.7 Å². The van der Waals surface area contributed by atoms with Gasteiger partial charge in [-0.2, -0.15) is 5.26 Å². The van der Waals surface area contributed by atoms with Crippen LogP contribution in [-0.2, 0) is 9.53 Å². The van der Waals surface area contributed by atoms with Crippen molar-refractivity contribution < 1.29 is 19.2 Å². The van der Waals surface area contributed by atoms with Crippen LogP contribution in [0.4, 0.5) is 5.69 Å². The average molecular weight is 590 g/mol. The summed E-state index contributed by atoms with van der Waals surface area (Å²) in [5, 5.41) is 20.2. The van der Waals surface area contributed by atoms with Gasteiger partial charge in [-0.25, -0.2) is 4.79 Å². The number of nitriles is 1. The molecule has 0 aliphatic heterocycles. The first kappa shape index (κ1) is 21.1. The maximum Gasteiger partial charge on any atom is 0.343 e. The van der Waals surface area contributed by atoms with E-state index in [1.165, 1.54) is 31.4 Å². The van der Waals surface area contributed by atoms with Crippen molar-refractivity contribution in [3.8, 4) is 11.8 Å². The summed E-state index contributed by atoms with van der Waals surface area (Å²) in [6, 6.07) is 11.5. The fourth-order valence-corrected chi connectivity index (χ4v) is 4.23. The Kier molecular flexibility index (Phi) is 7.55. The number of nitro groups is 1. The van der Waals surface area contributed by atoms with Gasteiger partial charge in [0.25, 0.3) is 5.69 Å². The predicted octanol–water partition coefficient (Wildman–Crippen LogP) is 4.42. The minimum absolute atomic E-state index is 0.0350. The van der Waals surface area contributed by atoms with E-state index in [9.17, 15) is 20.2 Å². The highest BCUT2D eigenvalue weighted by atomic mass is 127. The highest BCUT2D eigenvalue weighted by Gasteiger charge is 2.12. The molecule has 2 rings (SSSR count). The number of nitro benzene ring substituents is 1. The Bertz CT molecular complexity index is 926. The summed E-state index contributed by atoms with van der Waals surface area (Å²) in [5.41, 5.74) is 1.69. The molecule has 0 heterocycles. The maximum absolute atomic E-state index is 11.2. The van der Waals surface area contributed by atoms with E-state index in [0.717, 1.165) is 12.7 Å². The van der Waals surface area contributed by atoms with Crippen molar-refractivity contribution >= 4 is 68.5 Å². The molecule has 0 atom stereocenters. The predicted molar refractivity (Wildman–Crippen MR) is 116 cm³/mol. The molecule has 0 amide bonds. The number of nitrogens with zero attached hydrogens (tertiary/aromatic N) is 2. The molecule has 0 bridgehead atoms. The minimum atomic E-state index is -0.489. The number of rotatable bonds is 6. The number of hydrogen-bond donors (Lipinski definition) is 0. The number of halogens is 2. The number of allylic oxidation sites excluding steroid dienone is 1. The zero-order valence-corrected chi connectivity index (χ0v) is 18.3. The number of non-ortho nitro benzene ring substituents is 1. The molecule has 0 saturated heterocycles. The van der Waals surface area contributed by atoms with Crippen LogP contribution >= 0.6 is 45.2 Å². The van der Waals surface area contributed by atoms with E-state index < -0.39 is 10.9 Å². The number of carbonyl (C=O) groups is 1.